The lowest BCUT2D eigenvalue weighted by Gasteiger charge is -2.02. The van der Waals surface area contributed by atoms with E-state index < -0.39 is 0 Å². The van der Waals surface area contributed by atoms with Crippen molar-refractivity contribution in [2.75, 3.05) is 0 Å². The van der Waals surface area contributed by atoms with Gasteiger partial charge in [0.1, 0.15) is 11.2 Å². The van der Waals surface area contributed by atoms with Gasteiger partial charge in [-0.15, -0.1) is 12.6 Å². The Hall–Kier alpha value is -1.74. The summed E-state index contributed by atoms with van der Waals surface area (Å²) in [5, 5.41) is 1.14. The highest BCUT2D eigenvalue weighted by Gasteiger charge is 2.08. The average Bonchev–Trinajstić information content (AvgIpc) is 2.29. The lowest BCUT2D eigenvalue weighted by Crippen LogP contribution is -2.02. The Bertz CT molecular complexity index is 744. The van der Waals surface area contributed by atoms with Crippen LogP contribution in [-0.4, -0.2) is 0 Å². The van der Waals surface area contributed by atoms with E-state index in [1.807, 2.05) is 18.2 Å². The SMILES string of the molecule is O=c1c2ccccc2oc2cccc(S)c12. The maximum atomic E-state index is 12.2. The van der Waals surface area contributed by atoms with Crippen molar-refractivity contribution in [1.82, 2.24) is 0 Å². The normalized spacial score (nSPS) is 11.1. The summed E-state index contributed by atoms with van der Waals surface area (Å²) >= 11 is 4.29. The molecule has 0 unspecified atom stereocenters. The number of fused-ring (bicyclic) bond motifs is 2. The van der Waals surface area contributed by atoms with Crippen LogP contribution >= 0.6 is 12.6 Å². The average molecular weight is 228 g/mol. The van der Waals surface area contributed by atoms with Crippen molar-refractivity contribution in [2.45, 2.75) is 4.90 Å². The highest BCUT2D eigenvalue weighted by molar-refractivity contribution is 7.80. The molecular weight excluding hydrogens is 220 g/mol. The van der Waals surface area contributed by atoms with E-state index in [1.54, 1.807) is 24.3 Å². The molecule has 0 bridgehead atoms. The van der Waals surface area contributed by atoms with Crippen molar-refractivity contribution < 1.29 is 4.42 Å². The minimum Gasteiger partial charge on any atom is -0.456 e. The van der Waals surface area contributed by atoms with E-state index in [0.717, 1.165) is 0 Å². The summed E-state index contributed by atoms with van der Waals surface area (Å²) < 4.78 is 5.66. The van der Waals surface area contributed by atoms with Crippen molar-refractivity contribution in [3.63, 3.8) is 0 Å². The van der Waals surface area contributed by atoms with Gasteiger partial charge in [-0.05, 0) is 24.3 Å². The molecule has 2 aromatic carbocycles. The zero-order chi connectivity index (χ0) is 11.1. The highest BCUT2D eigenvalue weighted by atomic mass is 32.1. The van der Waals surface area contributed by atoms with Gasteiger partial charge in [0.25, 0.3) is 0 Å². The molecule has 2 nitrogen and oxygen atoms in total. The lowest BCUT2D eigenvalue weighted by atomic mass is 10.1. The summed E-state index contributed by atoms with van der Waals surface area (Å²) in [6.07, 6.45) is 0. The van der Waals surface area contributed by atoms with E-state index in [-0.39, 0.29) is 5.43 Å². The number of thiol groups is 1. The van der Waals surface area contributed by atoms with Crippen molar-refractivity contribution in [3.05, 3.63) is 52.7 Å². The molecule has 0 saturated carbocycles. The van der Waals surface area contributed by atoms with Gasteiger partial charge in [0, 0.05) is 4.90 Å². The molecule has 3 heteroatoms. The first-order valence-electron chi connectivity index (χ1n) is 4.91. The molecule has 0 amide bonds. The van der Waals surface area contributed by atoms with Gasteiger partial charge in [0.05, 0.1) is 10.8 Å². The third-order valence-corrected chi connectivity index (χ3v) is 2.96. The summed E-state index contributed by atoms with van der Waals surface area (Å²) in [7, 11) is 0. The molecular formula is C13H8O2S. The molecule has 0 fully saturated rings. The van der Waals surface area contributed by atoms with Gasteiger partial charge in [0.15, 0.2) is 0 Å². The first-order valence-corrected chi connectivity index (χ1v) is 5.35. The van der Waals surface area contributed by atoms with Crippen LogP contribution in [0, 0.1) is 0 Å². The van der Waals surface area contributed by atoms with Crippen LogP contribution in [0.2, 0.25) is 0 Å². The molecule has 0 aliphatic heterocycles. The standard InChI is InChI=1S/C13H8O2S/c14-13-8-4-1-2-5-9(8)15-10-6-3-7-11(16)12(10)13/h1-7,16H. The first-order chi connectivity index (χ1) is 7.77. The van der Waals surface area contributed by atoms with Crippen LogP contribution in [0.25, 0.3) is 21.9 Å². The molecule has 0 radical (unpaired) electrons. The topological polar surface area (TPSA) is 30.2 Å². The second kappa shape index (κ2) is 3.39. The lowest BCUT2D eigenvalue weighted by molar-refractivity contribution is 0.659. The van der Waals surface area contributed by atoms with Gasteiger partial charge < -0.3 is 4.42 Å². The van der Waals surface area contributed by atoms with Gasteiger partial charge in [-0.1, -0.05) is 18.2 Å². The van der Waals surface area contributed by atoms with Crippen LogP contribution in [0.3, 0.4) is 0 Å². The van der Waals surface area contributed by atoms with Crippen LogP contribution in [0.15, 0.2) is 56.6 Å². The van der Waals surface area contributed by atoms with Crippen molar-refractivity contribution in [2.24, 2.45) is 0 Å². The number of benzene rings is 2. The monoisotopic (exact) mass is 228 g/mol. The highest BCUT2D eigenvalue weighted by Crippen LogP contribution is 2.22. The van der Waals surface area contributed by atoms with Crippen molar-refractivity contribution in [1.29, 1.82) is 0 Å². The van der Waals surface area contributed by atoms with Gasteiger partial charge >= 0.3 is 0 Å². The molecule has 0 atom stereocenters. The van der Waals surface area contributed by atoms with E-state index in [4.69, 9.17) is 4.42 Å². The van der Waals surface area contributed by atoms with Gasteiger partial charge in [0.2, 0.25) is 5.43 Å². The maximum Gasteiger partial charge on any atom is 0.201 e. The Kier molecular flexibility index (Phi) is 2.01. The molecule has 3 aromatic rings. The van der Waals surface area contributed by atoms with Crippen LogP contribution in [-0.2, 0) is 0 Å². The van der Waals surface area contributed by atoms with E-state index >= 15 is 0 Å². The summed E-state index contributed by atoms with van der Waals surface area (Å²) in [5.74, 6) is 0. The first kappa shape index (κ1) is 9.48. The van der Waals surface area contributed by atoms with Crippen LogP contribution < -0.4 is 5.43 Å². The molecule has 0 saturated heterocycles. The van der Waals surface area contributed by atoms with E-state index in [9.17, 15) is 4.79 Å². The van der Waals surface area contributed by atoms with Crippen LogP contribution in [0.1, 0.15) is 0 Å². The third kappa shape index (κ3) is 1.25. The second-order valence-corrected chi connectivity index (χ2v) is 4.06. The summed E-state index contributed by atoms with van der Waals surface area (Å²) in [5.41, 5.74) is 1.16. The number of hydrogen-bond acceptors (Lipinski definition) is 3. The van der Waals surface area contributed by atoms with E-state index in [2.05, 4.69) is 12.6 Å². The molecule has 1 heterocycles. The largest absolute Gasteiger partial charge is 0.456 e. The third-order valence-electron chi connectivity index (χ3n) is 2.58. The van der Waals surface area contributed by atoms with E-state index in [0.29, 0.717) is 26.8 Å². The number of rotatable bonds is 0. The quantitative estimate of drug-likeness (QED) is 0.473. The molecule has 0 spiro atoms. The zero-order valence-corrected chi connectivity index (χ0v) is 9.20. The van der Waals surface area contributed by atoms with Crippen LogP contribution in [0.5, 0.6) is 0 Å². The smallest absolute Gasteiger partial charge is 0.201 e. The minimum absolute atomic E-state index is 0.0255. The van der Waals surface area contributed by atoms with Crippen molar-refractivity contribution >= 4 is 34.6 Å². The van der Waals surface area contributed by atoms with Crippen molar-refractivity contribution in [3.8, 4) is 0 Å². The molecule has 1 aromatic heterocycles. The fourth-order valence-corrected chi connectivity index (χ4v) is 2.13. The Morgan fingerprint density at radius 1 is 0.938 bits per heavy atom. The number of hydrogen-bond donors (Lipinski definition) is 1. The Morgan fingerprint density at radius 2 is 1.69 bits per heavy atom. The van der Waals surface area contributed by atoms with Gasteiger partial charge in [-0.2, -0.15) is 0 Å². The molecule has 0 aliphatic rings. The zero-order valence-electron chi connectivity index (χ0n) is 8.31. The maximum absolute atomic E-state index is 12.2. The second-order valence-electron chi connectivity index (χ2n) is 3.58. The molecule has 3 rings (SSSR count). The Labute approximate surface area is 96.9 Å². The van der Waals surface area contributed by atoms with E-state index in [1.165, 1.54) is 0 Å². The molecule has 78 valence electrons. The fraction of sp³-hybridized carbons (Fsp3) is 0. The predicted molar refractivity (Wildman–Crippen MR) is 67.2 cm³/mol. The summed E-state index contributed by atoms with van der Waals surface area (Å²) in [6, 6.07) is 12.6. The molecule has 0 aliphatic carbocycles. The van der Waals surface area contributed by atoms with Crippen LogP contribution in [0.4, 0.5) is 0 Å². The fourth-order valence-electron chi connectivity index (χ4n) is 1.83. The molecule has 0 N–H and O–H groups in total. The Balaban J connectivity index is 2.67. The van der Waals surface area contributed by atoms with Gasteiger partial charge in [-0.3, -0.25) is 4.79 Å². The summed E-state index contributed by atoms with van der Waals surface area (Å²) in [6.45, 7) is 0. The van der Waals surface area contributed by atoms with Gasteiger partial charge in [-0.25, -0.2) is 0 Å². The summed E-state index contributed by atoms with van der Waals surface area (Å²) in [4.78, 5) is 12.8. The predicted octanol–water partition coefficient (Wildman–Crippen LogP) is 3.23. The molecule has 16 heavy (non-hydrogen) atoms. The number of para-hydroxylation sites is 1. The minimum atomic E-state index is -0.0255. The Morgan fingerprint density at radius 3 is 2.56 bits per heavy atom.